The summed E-state index contributed by atoms with van der Waals surface area (Å²) in [4.78, 5) is 0. The van der Waals surface area contributed by atoms with E-state index in [1.807, 2.05) is 22.7 Å². The van der Waals surface area contributed by atoms with Crippen LogP contribution in [0.4, 0.5) is 0 Å². The molecule has 2 aliphatic carbocycles. The second-order valence-corrected chi connectivity index (χ2v) is 27.1. The normalized spacial score (nSPS) is 19.6. The number of benzene rings is 2. The lowest BCUT2D eigenvalue weighted by Crippen LogP contribution is -2.13. The van der Waals surface area contributed by atoms with Crippen molar-refractivity contribution in [3.8, 4) is 21.1 Å². The summed E-state index contributed by atoms with van der Waals surface area (Å²) in [5.74, 6) is 2.96. The van der Waals surface area contributed by atoms with Gasteiger partial charge in [0.15, 0.2) is 0 Å². The molecule has 2 fully saturated rings. The number of aromatic nitrogens is 4. The van der Waals surface area contributed by atoms with Crippen molar-refractivity contribution < 1.29 is 4.74 Å². The van der Waals surface area contributed by atoms with E-state index in [2.05, 4.69) is 104 Å². The zero-order chi connectivity index (χ0) is 51.7. The molecular weight excluding hydrogens is 929 g/mol. The van der Waals surface area contributed by atoms with Gasteiger partial charge in [0.1, 0.15) is 20.0 Å². The molecule has 2 unspecified atom stereocenters. The molecule has 0 saturated heterocycles. The van der Waals surface area contributed by atoms with Gasteiger partial charge in [-0.1, -0.05) is 255 Å². The molecule has 2 aliphatic rings. The van der Waals surface area contributed by atoms with E-state index < -0.39 is 0 Å². The van der Waals surface area contributed by atoms with Crippen LogP contribution in [0.25, 0.3) is 21.1 Å². The van der Waals surface area contributed by atoms with Crippen molar-refractivity contribution in [1.29, 1.82) is 0 Å². The smallest absolute Gasteiger partial charge is 0.147 e. The molecule has 4 aromatic rings. The Morgan fingerprint density at radius 3 is 1.15 bits per heavy atom. The minimum absolute atomic E-state index is 0.0269. The predicted octanol–water partition coefficient (Wildman–Crippen LogP) is 22.3. The van der Waals surface area contributed by atoms with Crippen LogP contribution in [0.5, 0.6) is 0 Å². The van der Waals surface area contributed by atoms with Crippen LogP contribution in [0.1, 0.15) is 319 Å². The summed E-state index contributed by atoms with van der Waals surface area (Å²) in [7, 11) is 0. The van der Waals surface area contributed by atoms with Crippen molar-refractivity contribution in [2.75, 3.05) is 0 Å². The van der Waals surface area contributed by atoms with Crippen molar-refractivity contribution in [3.05, 3.63) is 69.7 Å². The van der Waals surface area contributed by atoms with Gasteiger partial charge in [0.05, 0.1) is 12.2 Å². The first-order chi connectivity index (χ1) is 35.5. The standard InChI is InChI=1S/C66H106N4OS2/c1-9-13-17-21-27-51-31-35-55(36-32-51)61-67-69-63(72-61)57-43-39-53(40-44-57)59(29-23-19-25-49-65(5,6)47-15-11-3)71-60(30-24-20-26-50-66(7,8)48-16-12-4)54-41-45-58(46-42-54)64-70-68-62(73-64)56-37-33-52(34-38-56)28-22-18-14-10-2/h39-46,51-52,55-56,59-60H,9-38,47-50H2,1-8H3. The molecule has 0 radical (unpaired) electrons. The predicted molar refractivity (Wildman–Crippen MR) is 317 cm³/mol. The fourth-order valence-corrected chi connectivity index (χ4v) is 14.5. The van der Waals surface area contributed by atoms with Crippen molar-refractivity contribution in [2.45, 2.75) is 298 Å². The fourth-order valence-electron chi connectivity index (χ4n) is 12.4. The van der Waals surface area contributed by atoms with E-state index in [4.69, 9.17) is 25.1 Å². The van der Waals surface area contributed by atoms with Crippen LogP contribution in [0.2, 0.25) is 0 Å². The molecule has 2 aromatic heterocycles. The van der Waals surface area contributed by atoms with E-state index in [9.17, 15) is 0 Å². The molecule has 0 aliphatic heterocycles. The highest BCUT2D eigenvalue weighted by Crippen LogP contribution is 2.43. The maximum atomic E-state index is 7.52. The second kappa shape index (κ2) is 32.3. The van der Waals surface area contributed by atoms with Gasteiger partial charge < -0.3 is 4.74 Å². The number of hydrogen-bond donors (Lipinski definition) is 0. The van der Waals surface area contributed by atoms with Gasteiger partial charge in [0.2, 0.25) is 0 Å². The van der Waals surface area contributed by atoms with Gasteiger partial charge in [0.25, 0.3) is 0 Å². The molecule has 73 heavy (non-hydrogen) atoms. The quantitative estimate of drug-likeness (QED) is 0.0425. The van der Waals surface area contributed by atoms with Gasteiger partial charge in [-0.15, -0.1) is 20.4 Å². The van der Waals surface area contributed by atoms with Crippen molar-refractivity contribution in [3.63, 3.8) is 0 Å². The molecule has 2 aromatic carbocycles. The summed E-state index contributed by atoms with van der Waals surface area (Å²) in [6.07, 6.45) is 44.4. The van der Waals surface area contributed by atoms with E-state index >= 15 is 0 Å². The second-order valence-electron chi connectivity index (χ2n) is 25.1. The van der Waals surface area contributed by atoms with Crippen LogP contribution in [0.15, 0.2) is 48.5 Å². The zero-order valence-electron chi connectivity index (χ0n) is 48.1. The maximum absolute atomic E-state index is 7.52. The van der Waals surface area contributed by atoms with Gasteiger partial charge in [0, 0.05) is 23.0 Å². The number of nitrogens with zero attached hydrogens (tertiary/aromatic N) is 4. The van der Waals surface area contributed by atoms with Gasteiger partial charge in [-0.25, -0.2) is 0 Å². The van der Waals surface area contributed by atoms with Crippen LogP contribution < -0.4 is 0 Å². The van der Waals surface area contributed by atoms with Gasteiger partial charge in [-0.05, 0) is 124 Å². The molecule has 0 N–H and O–H groups in total. The topological polar surface area (TPSA) is 60.8 Å². The minimum atomic E-state index is 0.0269. The third-order valence-corrected chi connectivity index (χ3v) is 19.9. The molecule has 6 rings (SSSR count). The summed E-state index contributed by atoms with van der Waals surface area (Å²) in [6.45, 7) is 19.2. The molecule has 2 atom stereocenters. The highest BCUT2D eigenvalue weighted by molar-refractivity contribution is 7.15. The largest absolute Gasteiger partial charge is 0.366 e. The van der Waals surface area contributed by atoms with E-state index in [1.165, 1.54) is 238 Å². The molecule has 408 valence electrons. The molecule has 2 heterocycles. The van der Waals surface area contributed by atoms with Crippen LogP contribution >= 0.6 is 22.7 Å². The van der Waals surface area contributed by atoms with Gasteiger partial charge >= 0.3 is 0 Å². The molecule has 7 heteroatoms. The number of hydrogen-bond acceptors (Lipinski definition) is 7. The third-order valence-electron chi connectivity index (χ3n) is 17.6. The average molecular weight is 1040 g/mol. The SMILES string of the molecule is CCCCCCC1CCC(c2nnc(-c3ccc(C(CCCCCC(C)(C)CCCC)OC(CCCCCC(C)(C)CCCC)c4ccc(-c5nnc(C6CCC(CCCCCC)CC6)s5)cc4)cc3)s2)CC1. The Balaban J connectivity index is 1.15. The summed E-state index contributed by atoms with van der Waals surface area (Å²) in [5, 5.41) is 23.9. The third kappa shape index (κ3) is 20.8. The first-order valence-corrected chi connectivity index (χ1v) is 32.7. The lowest BCUT2D eigenvalue weighted by atomic mass is 9.80. The molecule has 0 amide bonds. The first-order valence-electron chi connectivity index (χ1n) is 31.0. The van der Waals surface area contributed by atoms with Crippen molar-refractivity contribution >= 4 is 22.7 Å². The van der Waals surface area contributed by atoms with Gasteiger partial charge in [-0.3, -0.25) is 0 Å². The van der Waals surface area contributed by atoms with Crippen molar-refractivity contribution in [2.24, 2.45) is 22.7 Å². The Kier molecular flexibility index (Phi) is 26.4. The van der Waals surface area contributed by atoms with E-state index in [0.29, 0.717) is 22.7 Å². The Hall–Kier alpha value is -2.48. The first kappa shape index (κ1) is 59.8. The zero-order valence-corrected chi connectivity index (χ0v) is 49.8. The lowest BCUT2D eigenvalue weighted by molar-refractivity contribution is -0.0265. The monoisotopic (exact) mass is 1030 g/mol. The van der Waals surface area contributed by atoms with E-state index in [1.54, 1.807) is 0 Å². The van der Waals surface area contributed by atoms with Crippen LogP contribution in [0.3, 0.4) is 0 Å². The summed E-state index contributed by atoms with van der Waals surface area (Å²) in [6, 6.07) is 18.6. The maximum Gasteiger partial charge on any atom is 0.147 e. The Morgan fingerprint density at radius 2 is 0.781 bits per heavy atom. The van der Waals surface area contributed by atoms with Gasteiger partial charge in [-0.2, -0.15) is 0 Å². The van der Waals surface area contributed by atoms with Crippen molar-refractivity contribution in [1.82, 2.24) is 20.4 Å². The van der Waals surface area contributed by atoms with Crippen LogP contribution in [-0.4, -0.2) is 20.4 Å². The molecule has 0 spiro atoms. The lowest BCUT2D eigenvalue weighted by Gasteiger charge is -2.27. The summed E-state index contributed by atoms with van der Waals surface area (Å²) >= 11 is 3.67. The Morgan fingerprint density at radius 1 is 0.425 bits per heavy atom. The fraction of sp³-hybridized carbons (Fsp3) is 0.758. The summed E-state index contributed by atoms with van der Waals surface area (Å²) in [5.41, 5.74) is 5.80. The molecule has 0 bridgehead atoms. The molecule has 2 saturated carbocycles. The number of ether oxygens (including phenoxy) is 1. The molecule has 5 nitrogen and oxygen atoms in total. The summed E-state index contributed by atoms with van der Waals surface area (Å²) < 4.78 is 7.52. The van der Waals surface area contributed by atoms with Crippen LogP contribution in [0, 0.1) is 22.7 Å². The number of rotatable bonds is 36. The Bertz CT molecular complexity index is 1890. The van der Waals surface area contributed by atoms with Crippen LogP contribution in [-0.2, 0) is 4.74 Å². The number of unbranched alkanes of at least 4 members (excludes halogenated alkanes) is 12. The van der Waals surface area contributed by atoms with E-state index in [0.717, 1.165) is 34.7 Å². The Labute approximate surface area is 456 Å². The highest BCUT2D eigenvalue weighted by Gasteiger charge is 2.28. The average Bonchev–Trinajstić information content (AvgIpc) is 4.12. The molecular formula is C66H106N4OS2. The highest BCUT2D eigenvalue weighted by atomic mass is 32.1. The minimum Gasteiger partial charge on any atom is -0.366 e. The van der Waals surface area contributed by atoms with E-state index in [-0.39, 0.29) is 12.2 Å².